The van der Waals surface area contributed by atoms with E-state index >= 15 is 0 Å². The second kappa shape index (κ2) is 5.83. The standard InChI is InChI=1S/C16H16F2O/c1-11(2)15-5-3-4-6-16(15)19-10-12-7-13(17)9-14(18)8-12/h3-9,11H,10H2,1-2H3. The van der Waals surface area contributed by atoms with E-state index in [-0.39, 0.29) is 6.61 Å². The van der Waals surface area contributed by atoms with Crippen molar-refractivity contribution in [2.75, 3.05) is 0 Å². The van der Waals surface area contributed by atoms with Gasteiger partial charge in [0.2, 0.25) is 0 Å². The molecule has 0 bridgehead atoms. The zero-order valence-electron chi connectivity index (χ0n) is 11.0. The van der Waals surface area contributed by atoms with Crippen molar-refractivity contribution in [1.82, 2.24) is 0 Å². The summed E-state index contributed by atoms with van der Waals surface area (Å²) in [5.74, 6) is -0.0888. The van der Waals surface area contributed by atoms with E-state index in [9.17, 15) is 8.78 Å². The summed E-state index contributed by atoms with van der Waals surface area (Å²) in [6.45, 7) is 4.30. The summed E-state index contributed by atoms with van der Waals surface area (Å²) >= 11 is 0. The molecule has 0 aliphatic carbocycles. The van der Waals surface area contributed by atoms with Gasteiger partial charge in [0, 0.05) is 6.07 Å². The van der Waals surface area contributed by atoms with Crippen molar-refractivity contribution in [2.24, 2.45) is 0 Å². The molecule has 0 N–H and O–H groups in total. The quantitative estimate of drug-likeness (QED) is 0.778. The normalized spacial score (nSPS) is 10.8. The molecular weight excluding hydrogens is 246 g/mol. The van der Waals surface area contributed by atoms with Crippen molar-refractivity contribution in [3.05, 3.63) is 65.2 Å². The van der Waals surface area contributed by atoms with Crippen LogP contribution >= 0.6 is 0 Å². The maximum absolute atomic E-state index is 13.1. The summed E-state index contributed by atoms with van der Waals surface area (Å²) in [7, 11) is 0. The van der Waals surface area contributed by atoms with Crippen molar-refractivity contribution in [3.8, 4) is 5.75 Å². The summed E-state index contributed by atoms with van der Waals surface area (Å²) < 4.78 is 31.8. The average Bonchev–Trinajstić information content (AvgIpc) is 2.35. The van der Waals surface area contributed by atoms with Crippen LogP contribution in [0.1, 0.15) is 30.9 Å². The molecule has 100 valence electrons. The van der Waals surface area contributed by atoms with Gasteiger partial charge < -0.3 is 4.74 Å². The van der Waals surface area contributed by atoms with Gasteiger partial charge in [-0.15, -0.1) is 0 Å². The van der Waals surface area contributed by atoms with E-state index in [1.165, 1.54) is 12.1 Å². The van der Waals surface area contributed by atoms with E-state index in [0.29, 0.717) is 11.5 Å². The maximum Gasteiger partial charge on any atom is 0.126 e. The predicted octanol–water partition coefficient (Wildman–Crippen LogP) is 4.67. The van der Waals surface area contributed by atoms with Gasteiger partial charge in [-0.25, -0.2) is 8.78 Å². The van der Waals surface area contributed by atoms with Crippen LogP contribution in [0.25, 0.3) is 0 Å². The molecule has 2 rings (SSSR count). The zero-order chi connectivity index (χ0) is 13.8. The number of hydrogen-bond acceptors (Lipinski definition) is 1. The van der Waals surface area contributed by atoms with Crippen molar-refractivity contribution in [1.29, 1.82) is 0 Å². The first-order chi connectivity index (χ1) is 9.06. The van der Waals surface area contributed by atoms with Crippen LogP contribution in [0.3, 0.4) is 0 Å². The highest BCUT2D eigenvalue weighted by atomic mass is 19.1. The van der Waals surface area contributed by atoms with Gasteiger partial charge in [0.05, 0.1) is 0 Å². The van der Waals surface area contributed by atoms with Crippen molar-refractivity contribution < 1.29 is 13.5 Å². The van der Waals surface area contributed by atoms with Crippen LogP contribution in [-0.2, 0) is 6.61 Å². The molecule has 0 aliphatic rings. The van der Waals surface area contributed by atoms with Gasteiger partial charge in [0.25, 0.3) is 0 Å². The Hall–Kier alpha value is -1.90. The highest BCUT2D eigenvalue weighted by Gasteiger charge is 2.07. The van der Waals surface area contributed by atoms with E-state index in [1.54, 1.807) is 0 Å². The molecule has 0 aliphatic heterocycles. The number of halogens is 2. The van der Waals surface area contributed by atoms with Gasteiger partial charge in [0.15, 0.2) is 0 Å². The van der Waals surface area contributed by atoms with E-state index in [0.717, 1.165) is 17.4 Å². The molecule has 0 fully saturated rings. The maximum atomic E-state index is 13.1. The fourth-order valence-electron chi connectivity index (χ4n) is 1.94. The number of ether oxygens (including phenoxy) is 1. The lowest BCUT2D eigenvalue weighted by Gasteiger charge is -2.13. The molecule has 0 atom stereocenters. The third kappa shape index (κ3) is 3.53. The summed E-state index contributed by atoms with van der Waals surface area (Å²) in [4.78, 5) is 0. The molecule has 0 radical (unpaired) electrons. The molecule has 0 amide bonds. The largest absolute Gasteiger partial charge is 0.489 e. The molecule has 0 unspecified atom stereocenters. The summed E-state index contributed by atoms with van der Waals surface area (Å²) in [5, 5.41) is 0. The first-order valence-electron chi connectivity index (χ1n) is 6.23. The van der Waals surface area contributed by atoms with E-state index in [2.05, 4.69) is 13.8 Å². The minimum atomic E-state index is -0.587. The summed E-state index contributed by atoms with van der Waals surface area (Å²) in [6, 6.07) is 11.1. The highest BCUT2D eigenvalue weighted by Crippen LogP contribution is 2.26. The van der Waals surface area contributed by atoms with Crippen LogP contribution < -0.4 is 4.74 Å². The molecule has 2 aromatic carbocycles. The monoisotopic (exact) mass is 262 g/mol. The molecule has 1 nitrogen and oxygen atoms in total. The fourth-order valence-corrected chi connectivity index (χ4v) is 1.94. The Bertz CT molecular complexity index is 544. The Balaban J connectivity index is 2.14. The van der Waals surface area contributed by atoms with Crippen LogP contribution in [0.5, 0.6) is 5.75 Å². The fraction of sp³-hybridized carbons (Fsp3) is 0.250. The number of benzene rings is 2. The lowest BCUT2D eigenvalue weighted by Crippen LogP contribution is -2.00. The first-order valence-corrected chi connectivity index (χ1v) is 6.23. The Morgan fingerprint density at radius 3 is 2.26 bits per heavy atom. The third-order valence-corrected chi connectivity index (χ3v) is 2.86. The molecule has 3 heteroatoms. The van der Waals surface area contributed by atoms with E-state index < -0.39 is 11.6 Å². The number of para-hydroxylation sites is 1. The molecule has 0 spiro atoms. The second-order valence-corrected chi connectivity index (χ2v) is 4.76. The van der Waals surface area contributed by atoms with Gasteiger partial charge in [-0.05, 0) is 35.2 Å². The third-order valence-electron chi connectivity index (χ3n) is 2.86. The van der Waals surface area contributed by atoms with Gasteiger partial charge in [-0.1, -0.05) is 32.0 Å². The van der Waals surface area contributed by atoms with E-state index in [4.69, 9.17) is 4.74 Å². The number of hydrogen-bond donors (Lipinski definition) is 0. The van der Waals surface area contributed by atoms with Gasteiger partial charge in [-0.3, -0.25) is 0 Å². The lowest BCUT2D eigenvalue weighted by molar-refractivity contribution is 0.300. The minimum Gasteiger partial charge on any atom is -0.489 e. The van der Waals surface area contributed by atoms with Crippen LogP contribution in [0, 0.1) is 11.6 Å². The van der Waals surface area contributed by atoms with Crippen molar-refractivity contribution in [3.63, 3.8) is 0 Å². The molecule has 0 saturated heterocycles. The van der Waals surface area contributed by atoms with Gasteiger partial charge in [-0.2, -0.15) is 0 Å². The SMILES string of the molecule is CC(C)c1ccccc1OCc1cc(F)cc(F)c1. The van der Waals surface area contributed by atoms with Crippen molar-refractivity contribution >= 4 is 0 Å². The molecule has 0 heterocycles. The molecule has 2 aromatic rings. The molecule has 19 heavy (non-hydrogen) atoms. The Morgan fingerprint density at radius 1 is 1.00 bits per heavy atom. The Kier molecular flexibility index (Phi) is 4.15. The average molecular weight is 262 g/mol. The summed E-state index contributed by atoms with van der Waals surface area (Å²) in [6.07, 6.45) is 0. The second-order valence-electron chi connectivity index (χ2n) is 4.76. The van der Waals surface area contributed by atoms with Crippen LogP contribution in [-0.4, -0.2) is 0 Å². The lowest BCUT2D eigenvalue weighted by atomic mass is 10.0. The Morgan fingerprint density at radius 2 is 1.63 bits per heavy atom. The first kappa shape index (κ1) is 13.5. The predicted molar refractivity (Wildman–Crippen MR) is 71.2 cm³/mol. The Labute approximate surface area is 111 Å². The van der Waals surface area contributed by atoms with Crippen molar-refractivity contribution in [2.45, 2.75) is 26.4 Å². The van der Waals surface area contributed by atoms with E-state index in [1.807, 2.05) is 24.3 Å². The smallest absolute Gasteiger partial charge is 0.126 e. The van der Waals surface area contributed by atoms with Crippen LogP contribution in [0.2, 0.25) is 0 Å². The van der Waals surface area contributed by atoms with Gasteiger partial charge in [0.1, 0.15) is 24.0 Å². The van der Waals surface area contributed by atoms with Crippen LogP contribution in [0.15, 0.2) is 42.5 Å². The van der Waals surface area contributed by atoms with Gasteiger partial charge >= 0.3 is 0 Å². The topological polar surface area (TPSA) is 9.23 Å². The molecule has 0 aromatic heterocycles. The minimum absolute atomic E-state index is 0.151. The number of rotatable bonds is 4. The zero-order valence-corrected chi connectivity index (χ0v) is 11.0. The molecular formula is C16H16F2O. The molecule has 0 saturated carbocycles. The van der Waals surface area contributed by atoms with Crippen LogP contribution in [0.4, 0.5) is 8.78 Å². The summed E-state index contributed by atoms with van der Waals surface area (Å²) in [5.41, 5.74) is 1.57. The highest BCUT2D eigenvalue weighted by molar-refractivity contribution is 5.35.